The zero-order valence-corrected chi connectivity index (χ0v) is 15.7. The van der Waals surface area contributed by atoms with E-state index < -0.39 is 0 Å². The molecule has 0 radical (unpaired) electrons. The lowest BCUT2D eigenvalue weighted by Gasteiger charge is -2.16. The number of carbonyl (C=O) groups excluding carboxylic acids is 2. The number of Topliss-reactive ketones (excluding diaryl/α,β-unsaturated/α-hetero) is 1. The van der Waals surface area contributed by atoms with Gasteiger partial charge in [0.25, 0.3) is 5.91 Å². The Morgan fingerprint density at radius 3 is 2.78 bits per heavy atom. The first kappa shape index (κ1) is 16.4. The van der Waals surface area contributed by atoms with E-state index in [0.29, 0.717) is 22.1 Å². The van der Waals surface area contributed by atoms with Gasteiger partial charge in [0.2, 0.25) is 5.78 Å². The van der Waals surface area contributed by atoms with E-state index in [2.05, 4.69) is 17.5 Å². The molecule has 0 saturated carbocycles. The van der Waals surface area contributed by atoms with Crippen LogP contribution >= 0.6 is 11.3 Å². The Balaban J connectivity index is 1.44. The quantitative estimate of drug-likeness (QED) is 0.678. The first-order chi connectivity index (χ1) is 13.1. The second-order valence-corrected chi connectivity index (χ2v) is 8.48. The number of nitrogens with zero attached hydrogens (tertiary/aromatic N) is 1. The van der Waals surface area contributed by atoms with Gasteiger partial charge in [-0.3, -0.25) is 9.59 Å². The van der Waals surface area contributed by atoms with Crippen LogP contribution < -0.4 is 5.43 Å². The Bertz CT molecular complexity index is 1140. The van der Waals surface area contributed by atoms with Gasteiger partial charge in [0.1, 0.15) is 5.71 Å². The summed E-state index contributed by atoms with van der Waals surface area (Å²) in [6.45, 7) is 2.25. The van der Waals surface area contributed by atoms with E-state index in [0.717, 1.165) is 29.2 Å². The maximum atomic E-state index is 12.7. The van der Waals surface area contributed by atoms with E-state index >= 15 is 0 Å². The fourth-order valence-corrected chi connectivity index (χ4v) is 5.17. The molecule has 0 bridgehead atoms. The van der Waals surface area contributed by atoms with Gasteiger partial charge < -0.3 is 0 Å². The van der Waals surface area contributed by atoms with E-state index in [1.54, 1.807) is 11.3 Å². The van der Waals surface area contributed by atoms with Crippen LogP contribution in [0.1, 0.15) is 49.4 Å². The highest BCUT2D eigenvalue weighted by atomic mass is 32.1. The van der Waals surface area contributed by atoms with E-state index in [1.165, 1.54) is 16.9 Å². The minimum atomic E-state index is -0.245. The topological polar surface area (TPSA) is 58.5 Å². The average molecular weight is 374 g/mol. The predicted octanol–water partition coefficient (Wildman–Crippen LogP) is 4.36. The number of carbonyl (C=O) groups is 2. The Labute approximate surface area is 160 Å². The van der Waals surface area contributed by atoms with Crippen molar-refractivity contribution in [3.05, 3.63) is 68.9 Å². The number of rotatable bonds is 2. The molecule has 0 spiro atoms. The highest BCUT2D eigenvalue weighted by Gasteiger charge is 2.29. The molecular formula is C22H18N2O2S. The molecule has 2 aliphatic rings. The second kappa shape index (κ2) is 6.13. The number of hydrogen-bond donors (Lipinski definition) is 1. The maximum Gasteiger partial charge on any atom is 0.281 e. The van der Waals surface area contributed by atoms with Gasteiger partial charge >= 0.3 is 0 Å². The zero-order valence-electron chi connectivity index (χ0n) is 14.9. The molecule has 0 saturated heterocycles. The Morgan fingerprint density at radius 1 is 1.19 bits per heavy atom. The number of nitrogens with one attached hydrogen (secondary N) is 1. The van der Waals surface area contributed by atoms with Crippen LogP contribution in [0, 0.1) is 5.92 Å². The lowest BCUT2D eigenvalue weighted by atomic mass is 9.90. The summed E-state index contributed by atoms with van der Waals surface area (Å²) in [5.41, 5.74) is 5.64. The summed E-state index contributed by atoms with van der Waals surface area (Å²) in [5.74, 6) is 0.283. The first-order valence-corrected chi connectivity index (χ1v) is 10.00. The van der Waals surface area contributed by atoms with Gasteiger partial charge in [-0.1, -0.05) is 43.3 Å². The third kappa shape index (κ3) is 2.61. The van der Waals surface area contributed by atoms with Gasteiger partial charge in [-0.25, -0.2) is 5.43 Å². The Morgan fingerprint density at radius 2 is 1.96 bits per heavy atom. The number of amides is 1. The van der Waals surface area contributed by atoms with Crippen LogP contribution in [0.25, 0.3) is 10.8 Å². The molecule has 0 unspecified atom stereocenters. The van der Waals surface area contributed by atoms with Crippen LogP contribution in [0.4, 0.5) is 0 Å². The van der Waals surface area contributed by atoms with Crippen molar-refractivity contribution >= 4 is 39.5 Å². The Kier molecular flexibility index (Phi) is 3.72. The number of hydrogen-bond acceptors (Lipinski definition) is 4. The number of fused-ring (bicyclic) bond motifs is 1. The van der Waals surface area contributed by atoms with E-state index in [-0.39, 0.29) is 11.7 Å². The van der Waals surface area contributed by atoms with E-state index in [4.69, 9.17) is 0 Å². The number of hydrazone groups is 1. The summed E-state index contributed by atoms with van der Waals surface area (Å²) in [6.07, 6.45) is 3.25. The summed E-state index contributed by atoms with van der Waals surface area (Å²) in [6, 6.07) is 13.4. The van der Waals surface area contributed by atoms with Crippen molar-refractivity contribution in [3.8, 4) is 0 Å². The summed E-state index contributed by atoms with van der Waals surface area (Å²) in [7, 11) is 0. The Hall–Kier alpha value is -2.79. The molecule has 4 nitrogen and oxygen atoms in total. The van der Waals surface area contributed by atoms with Crippen molar-refractivity contribution in [2.24, 2.45) is 11.0 Å². The molecule has 0 fully saturated rings. The molecule has 134 valence electrons. The van der Waals surface area contributed by atoms with Gasteiger partial charge in [0.15, 0.2) is 0 Å². The average Bonchev–Trinajstić information content (AvgIpc) is 3.21. The van der Waals surface area contributed by atoms with Gasteiger partial charge in [-0.05, 0) is 42.2 Å². The molecule has 0 aliphatic heterocycles. The molecule has 1 atom stereocenters. The molecule has 1 aromatic heterocycles. The molecule has 5 rings (SSSR count). The molecule has 1 N–H and O–H groups in total. The molecule has 1 heterocycles. The largest absolute Gasteiger partial charge is 0.287 e. The van der Waals surface area contributed by atoms with Gasteiger partial charge in [0, 0.05) is 21.4 Å². The molecular weight excluding hydrogens is 356 g/mol. The number of ketones is 1. The van der Waals surface area contributed by atoms with Crippen molar-refractivity contribution in [1.29, 1.82) is 0 Å². The van der Waals surface area contributed by atoms with Crippen LogP contribution in [0.15, 0.2) is 47.6 Å². The zero-order chi connectivity index (χ0) is 18.5. The summed E-state index contributed by atoms with van der Waals surface area (Å²) in [5, 5.41) is 6.14. The second-order valence-electron chi connectivity index (χ2n) is 7.35. The molecule has 3 aromatic rings. The fourth-order valence-electron chi connectivity index (χ4n) is 4.07. The first-order valence-electron chi connectivity index (χ1n) is 9.18. The third-order valence-electron chi connectivity index (χ3n) is 5.44. The van der Waals surface area contributed by atoms with Crippen LogP contribution in [0.5, 0.6) is 0 Å². The van der Waals surface area contributed by atoms with Gasteiger partial charge in [-0.15, -0.1) is 11.3 Å². The highest BCUT2D eigenvalue weighted by molar-refractivity contribution is 7.14. The lowest BCUT2D eigenvalue weighted by Crippen LogP contribution is -2.21. The minimum Gasteiger partial charge on any atom is -0.287 e. The van der Waals surface area contributed by atoms with Crippen LogP contribution in [0.3, 0.4) is 0 Å². The molecule has 1 amide bonds. The summed E-state index contributed by atoms with van der Waals surface area (Å²) in [4.78, 5) is 27.3. The third-order valence-corrected chi connectivity index (χ3v) is 6.68. The van der Waals surface area contributed by atoms with Crippen LogP contribution in [-0.2, 0) is 12.8 Å². The fraction of sp³-hybridized carbons (Fsp3) is 0.227. The maximum absolute atomic E-state index is 12.7. The predicted molar refractivity (Wildman–Crippen MR) is 108 cm³/mol. The highest BCUT2D eigenvalue weighted by Crippen LogP contribution is 2.33. The van der Waals surface area contributed by atoms with Crippen molar-refractivity contribution in [3.63, 3.8) is 0 Å². The lowest BCUT2D eigenvalue weighted by molar-refractivity contribution is 0.0959. The number of thiophene rings is 1. The minimum absolute atomic E-state index is 0.138. The normalized spacial score (nSPS) is 19.5. The standard InChI is InChI=1S/C22H18N2O2S/c1-12-8-9-17-14(10-12)11-18(27-17)22(26)24-23-20-15-6-2-4-13-5-3-7-16(19(13)15)21(20)25/h2-7,11-12H,8-10H2,1H3,(H,24,26)/b23-20+/t12-/m0/s1. The molecule has 5 heteroatoms. The SMILES string of the molecule is C[C@H]1CCc2sc(C(=O)N/N=C3/C(=O)c4cccc5cccc3c45)cc2C1. The van der Waals surface area contributed by atoms with Gasteiger partial charge in [-0.2, -0.15) is 5.10 Å². The van der Waals surface area contributed by atoms with E-state index in [9.17, 15) is 9.59 Å². The van der Waals surface area contributed by atoms with E-state index in [1.807, 2.05) is 42.5 Å². The van der Waals surface area contributed by atoms with Crippen molar-refractivity contribution in [2.45, 2.75) is 26.2 Å². The van der Waals surface area contributed by atoms with Crippen LogP contribution in [0.2, 0.25) is 0 Å². The smallest absolute Gasteiger partial charge is 0.281 e. The monoisotopic (exact) mass is 374 g/mol. The molecule has 27 heavy (non-hydrogen) atoms. The summed E-state index contributed by atoms with van der Waals surface area (Å²) >= 11 is 1.54. The van der Waals surface area contributed by atoms with Crippen molar-refractivity contribution in [1.82, 2.24) is 5.43 Å². The summed E-state index contributed by atoms with van der Waals surface area (Å²) < 4.78 is 0. The van der Waals surface area contributed by atoms with Gasteiger partial charge in [0.05, 0.1) is 4.88 Å². The van der Waals surface area contributed by atoms with Crippen LogP contribution in [-0.4, -0.2) is 17.4 Å². The number of aryl methyl sites for hydroxylation is 1. The molecule has 2 aliphatic carbocycles. The molecule has 2 aromatic carbocycles. The van der Waals surface area contributed by atoms with Crippen molar-refractivity contribution < 1.29 is 9.59 Å². The number of benzene rings is 2. The van der Waals surface area contributed by atoms with Crippen molar-refractivity contribution in [2.75, 3.05) is 0 Å².